The van der Waals surface area contributed by atoms with Gasteiger partial charge in [0.05, 0.1) is 5.56 Å². The summed E-state index contributed by atoms with van der Waals surface area (Å²) in [6.45, 7) is 0. The van der Waals surface area contributed by atoms with Gasteiger partial charge in [-0.1, -0.05) is 12.1 Å². The molecule has 2 rings (SSSR count). The Morgan fingerprint density at radius 1 is 1.36 bits per heavy atom. The highest BCUT2D eigenvalue weighted by Crippen LogP contribution is 2.38. The smallest absolute Gasteiger partial charge is 0.335 e. The SMILES string of the molecule is Cl.NC1CC1c1ccc(C(=O)O)cc1. The Morgan fingerprint density at radius 3 is 2.21 bits per heavy atom. The van der Waals surface area contributed by atoms with Gasteiger partial charge in [0, 0.05) is 12.0 Å². The fourth-order valence-corrected chi connectivity index (χ4v) is 1.47. The molecular formula is C10H12ClNO2. The zero-order valence-electron chi connectivity index (χ0n) is 7.51. The minimum absolute atomic E-state index is 0. The molecule has 0 aromatic heterocycles. The molecule has 0 amide bonds. The molecular weight excluding hydrogens is 202 g/mol. The average Bonchev–Trinajstić information content (AvgIpc) is 2.83. The van der Waals surface area contributed by atoms with Gasteiger partial charge in [0.25, 0.3) is 0 Å². The first-order valence-electron chi connectivity index (χ1n) is 4.27. The molecule has 1 aromatic carbocycles. The van der Waals surface area contributed by atoms with E-state index in [0.717, 1.165) is 12.0 Å². The summed E-state index contributed by atoms with van der Waals surface area (Å²) >= 11 is 0. The Labute approximate surface area is 88.3 Å². The van der Waals surface area contributed by atoms with Crippen LogP contribution in [-0.4, -0.2) is 17.1 Å². The number of hydrogen-bond acceptors (Lipinski definition) is 2. The van der Waals surface area contributed by atoms with Gasteiger partial charge in [0.1, 0.15) is 0 Å². The van der Waals surface area contributed by atoms with E-state index in [2.05, 4.69) is 0 Å². The van der Waals surface area contributed by atoms with Crippen molar-refractivity contribution < 1.29 is 9.90 Å². The lowest BCUT2D eigenvalue weighted by atomic mass is 10.1. The van der Waals surface area contributed by atoms with Crippen molar-refractivity contribution in [2.75, 3.05) is 0 Å². The molecule has 0 spiro atoms. The van der Waals surface area contributed by atoms with Gasteiger partial charge in [-0.2, -0.15) is 0 Å². The van der Waals surface area contributed by atoms with Crippen molar-refractivity contribution >= 4 is 18.4 Å². The highest BCUT2D eigenvalue weighted by molar-refractivity contribution is 5.87. The van der Waals surface area contributed by atoms with Crippen LogP contribution < -0.4 is 5.73 Å². The maximum Gasteiger partial charge on any atom is 0.335 e. The Balaban J connectivity index is 0.000000980. The van der Waals surface area contributed by atoms with Crippen LogP contribution in [0, 0.1) is 0 Å². The predicted molar refractivity (Wildman–Crippen MR) is 56.0 cm³/mol. The summed E-state index contributed by atoms with van der Waals surface area (Å²) in [6.07, 6.45) is 1.02. The van der Waals surface area contributed by atoms with Gasteiger partial charge in [0.2, 0.25) is 0 Å². The van der Waals surface area contributed by atoms with Crippen molar-refractivity contribution in [3.8, 4) is 0 Å². The molecule has 0 radical (unpaired) electrons. The second-order valence-corrected chi connectivity index (χ2v) is 3.43. The first-order chi connectivity index (χ1) is 6.18. The topological polar surface area (TPSA) is 63.3 Å². The molecule has 0 aliphatic heterocycles. The van der Waals surface area contributed by atoms with Crippen LogP contribution in [0.1, 0.15) is 28.3 Å². The van der Waals surface area contributed by atoms with Crippen molar-refractivity contribution in [2.45, 2.75) is 18.4 Å². The fourth-order valence-electron chi connectivity index (χ4n) is 1.47. The van der Waals surface area contributed by atoms with Gasteiger partial charge in [-0.05, 0) is 24.1 Å². The van der Waals surface area contributed by atoms with Crippen LogP contribution in [0.15, 0.2) is 24.3 Å². The summed E-state index contributed by atoms with van der Waals surface area (Å²) in [5.74, 6) is -0.436. The van der Waals surface area contributed by atoms with Crippen molar-refractivity contribution in [1.29, 1.82) is 0 Å². The van der Waals surface area contributed by atoms with Crippen LogP contribution in [0.5, 0.6) is 0 Å². The molecule has 76 valence electrons. The molecule has 0 heterocycles. The number of benzene rings is 1. The van der Waals surface area contributed by atoms with Crippen LogP contribution in [-0.2, 0) is 0 Å². The lowest BCUT2D eigenvalue weighted by molar-refractivity contribution is 0.0697. The molecule has 3 N–H and O–H groups in total. The van der Waals surface area contributed by atoms with E-state index in [1.165, 1.54) is 0 Å². The van der Waals surface area contributed by atoms with E-state index in [-0.39, 0.29) is 18.4 Å². The maximum atomic E-state index is 10.5. The van der Waals surface area contributed by atoms with Crippen molar-refractivity contribution in [1.82, 2.24) is 0 Å². The molecule has 1 fully saturated rings. The number of halogens is 1. The molecule has 4 heteroatoms. The summed E-state index contributed by atoms with van der Waals surface area (Å²) in [6, 6.07) is 7.23. The lowest BCUT2D eigenvalue weighted by Crippen LogP contribution is -2.01. The van der Waals surface area contributed by atoms with E-state index in [1.54, 1.807) is 12.1 Å². The summed E-state index contributed by atoms with van der Waals surface area (Å²) in [5, 5.41) is 8.66. The van der Waals surface area contributed by atoms with Crippen molar-refractivity contribution in [3.05, 3.63) is 35.4 Å². The number of hydrogen-bond donors (Lipinski definition) is 2. The first kappa shape index (κ1) is 11.0. The summed E-state index contributed by atoms with van der Waals surface area (Å²) in [4.78, 5) is 10.5. The Morgan fingerprint density at radius 2 is 1.86 bits per heavy atom. The van der Waals surface area contributed by atoms with Crippen LogP contribution in [0.25, 0.3) is 0 Å². The van der Waals surface area contributed by atoms with E-state index in [9.17, 15) is 4.79 Å². The number of carboxylic acid groups (broad SMARTS) is 1. The number of aromatic carboxylic acids is 1. The van der Waals surface area contributed by atoms with Crippen LogP contribution in [0.3, 0.4) is 0 Å². The van der Waals surface area contributed by atoms with Gasteiger partial charge in [-0.25, -0.2) is 4.79 Å². The van der Waals surface area contributed by atoms with Gasteiger partial charge in [-0.15, -0.1) is 12.4 Å². The number of carbonyl (C=O) groups is 1. The summed E-state index contributed by atoms with van der Waals surface area (Å²) < 4.78 is 0. The molecule has 1 aliphatic carbocycles. The van der Waals surface area contributed by atoms with E-state index in [4.69, 9.17) is 10.8 Å². The third kappa shape index (κ3) is 2.05. The number of nitrogens with two attached hydrogens (primary N) is 1. The maximum absolute atomic E-state index is 10.5. The van der Waals surface area contributed by atoms with Crippen molar-refractivity contribution in [3.63, 3.8) is 0 Å². The van der Waals surface area contributed by atoms with E-state index >= 15 is 0 Å². The molecule has 1 saturated carbocycles. The second-order valence-electron chi connectivity index (χ2n) is 3.43. The molecule has 14 heavy (non-hydrogen) atoms. The summed E-state index contributed by atoms with van der Waals surface area (Å²) in [7, 11) is 0. The fraction of sp³-hybridized carbons (Fsp3) is 0.300. The minimum atomic E-state index is -0.883. The minimum Gasteiger partial charge on any atom is -0.478 e. The average molecular weight is 214 g/mol. The molecule has 2 unspecified atom stereocenters. The standard InChI is InChI=1S/C10H11NO2.ClH/c11-9-5-8(9)6-1-3-7(4-2-6)10(12)13;/h1-4,8-9H,5,11H2,(H,12,13);1H. The monoisotopic (exact) mass is 213 g/mol. The predicted octanol–water partition coefficient (Wildman–Crippen LogP) is 1.62. The quantitative estimate of drug-likeness (QED) is 0.785. The Kier molecular flexibility index (Phi) is 3.13. The van der Waals surface area contributed by atoms with E-state index in [0.29, 0.717) is 11.5 Å². The largest absolute Gasteiger partial charge is 0.478 e. The van der Waals surface area contributed by atoms with Gasteiger partial charge in [-0.3, -0.25) is 0 Å². The third-order valence-corrected chi connectivity index (χ3v) is 2.43. The molecule has 0 saturated heterocycles. The molecule has 1 aliphatic rings. The Hall–Kier alpha value is -1.06. The highest BCUT2D eigenvalue weighted by Gasteiger charge is 2.34. The molecule has 0 bridgehead atoms. The normalized spacial score (nSPS) is 23.8. The second kappa shape index (κ2) is 3.98. The Bertz CT molecular complexity index is 336. The third-order valence-electron chi connectivity index (χ3n) is 2.43. The first-order valence-corrected chi connectivity index (χ1v) is 4.27. The lowest BCUT2D eigenvalue weighted by Gasteiger charge is -1.98. The van der Waals surface area contributed by atoms with Crippen LogP contribution in [0.4, 0.5) is 0 Å². The van der Waals surface area contributed by atoms with E-state index < -0.39 is 5.97 Å². The number of rotatable bonds is 2. The zero-order chi connectivity index (χ0) is 9.42. The van der Waals surface area contributed by atoms with Gasteiger partial charge in [0.15, 0.2) is 0 Å². The van der Waals surface area contributed by atoms with Crippen molar-refractivity contribution in [2.24, 2.45) is 5.73 Å². The van der Waals surface area contributed by atoms with Gasteiger partial charge < -0.3 is 10.8 Å². The van der Waals surface area contributed by atoms with Gasteiger partial charge >= 0.3 is 5.97 Å². The zero-order valence-corrected chi connectivity index (χ0v) is 8.33. The van der Waals surface area contributed by atoms with E-state index in [1.807, 2.05) is 12.1 Å². The summed E-state index contributed by atoms with van der Waals surface area (Å²) in [5.41, 5.74) is 7.16. The van der Waals surface area contributed by atoms with Crippen LogP contribution in [0.2, 0.25) is 0 Å². The number of carboxylic acids is 1. The van der Waals surface area contributed by atoms with Crippen LogP contribution >= 0.6 is 12.4 Å². The highest BCUT2D eigenvalue weighted by atomic mass is 35.5. The molecule has 2 atom stereocenters. The molecule has 1 aromatic rings. The molecule has 3 nitrogen and oxygen atoms in total.